The summed E-state index contributed by atoms with van der Waals surface area (Å²) in [4.78, 5) is 10.5. The first-order chi connectivity index (χ1) is 62.7. The fraction of sp³-hybridized carbons (Fsp3) is 0.150. The van der Waals surface area contributed by atoms with E-state index in [1.54, 1.807) is 0 Å². The SMILES string of the molecule is CC(C)(C)c1ccc(N2c3ccc(C(C)(C)C)cc3B3c4cc5c(cc4N(c4ccccc4)c4cc([Si](C)(C)C)cc2c43)-c2ccccc2[Si]5(c2ccccc2)c2ccccc2)cc1.CC(C)(C)c1ccc2c(c1)N(c1ccccc1-c1ccccc1)c1cc([Si](C)(C)C)cc3c1B2c1cc2c(cc1N3c1ccccc1)-c1ccccc1[Si]2(c1ccccc1)c1ccccc1. The van der Waals surface area contributed by atoms with Crippen LogP contribution in [-0.2, 0) is 16.2 Å². The molecule has 6 heterocycles. The van der Waals surface area contributed by atoms with Crippen LogP contribution in [0.1, 0.15) is 79.0 Å². The van der Waals surface area contributed by atoms with Crippen molar-refractivity contribution in [2.75, 3.05) is 19.6 Å². The minimum Gasteiger partial charge on any atom is -0.311 e. The van der Waals surface area contributed by atoms with Crippen molar-refractivity contribution >= 4 is 199 Å². The smallest absolute Gasteiger partial charge is 0.252 e. The summed E-state index contributed by atoms with van der Waals surface area (Å²) in [6.45, 7) is 36.0. The van der Waals surface area contributed by atoms with Gasteiger partial charge >= 0.3 is 0 Å². The first-order valence-corrected chi connectivity index (χ1v) is 57.7. The number of para-hydroxylation sites is 3. The first kappa shape index (κ1) is 82.6. The standard InChI is InChI=1S/C61H53BN2Si2.C59H57BN2Si2/c1-61(2,3)43-35-36-51-54(37-43)64(53-33-21-19-31-48(53)42-23-11-7-12-24-42)57-39-47(65(4,5)6)38-56-60(57)62(51)52-41-59-50(40-55(52)63(56)44-25-13-8-14-26-44)49-32-20-22-34-58(49)66(59,45-27-15-9-16-28-45)46-29-17-10-18-30-46;1-58(2,3)40-29-32-43(33-30-40)61-51-34-31-41(59(4,5)6)35-49(51)60-50-39-56-48(47-27-19-20-28-55(47)64(56,44-23-15-11-16-24-44)45-25-17-12-18-26-45)38-52(50)62(42-21-13-10-14-22-42)54-37-46(63(7,8)9)36-53(61)57(54)60/h7-41H,1-6H3;10-39H,1-9H3. The lowest BCUT2D eigenvalue weighted by Gasteiger charge is -2.46. The average Bonchev–Trinajstić information content (AvgIpc) is 1.34. The summed E-state index contributed by atoms with van der Waals surface area (Å²) in [5, 5.41) is 14.5. The molecule has 0 bridgehead atoms. The van der Waals surface area contributed by atoms with Crippen LogP contribution >= 0.6 is 0 Å². The molecule has 17 aromatic rings. The molecule has 130 heavy (non-hydrogen) atoms. The predicted octanol–water partition coefficient (Wildman–Crippen LogP) is 20.9. The Bertz CT molecular complexity index is 7240. The molecule has 17 aromatic carbocycles. The zero-order valence-corrected chi connectivity index (χ0v) is 81.5. The number of fused-ring (bicyclic) bond motifs is 14. The average molecular weight is 1740 g/mol. The van der Waals surface area contributed by atoms with Crippen molar-refractivity contribution in [2.45, 2.75) is 118 Å². The number of hydrogen-bond acceptors (Lipinski definition) is 4. The van der Waals surface area contributed by atoms with Crippen LogP contribution in [0.15, 0.2) is 394 Å². The number of anilines is 12. The van der Waals surface area contributed by atoms with Gasteiger partial charge in [0.2, 0.25) is 0 Å². The van der Waals surface area contributed by atoms with Crippen molar-refractivity contribution in [3.05, 3.63) is 411 Å². The molecule has 23 rings (SSSR count). The molecule has 0 radical (unpaired) electrons. The molecule has 0 saturated carbocycles. The van der Waals surface area contributed by atoms with Crippen LogP contribution in [0.5, 0.6) is 0 Å². The van der Waals surface area contributed by atoms with Gasteiger partial charge in [-0.25, -0.2) is 0 Å². The summed E-state index contributed by atoms with van der Waals surface area (Å²) >= 11 is 0. The van der Waals surface area contributed by atoms with Gasteiger partial charge in [-0.3, -0.25) is 0 Å². The van der Waals surface area contributed by atoms with Crippen LogP contribution in [0.25, 0.3) is 33.4 Å². The van der Waals surface area contributed by atoms with E-state index < -0.39 is 32.3 Å². The Morgan fingerprint density at radius 2 is 0.531 bits per heavy atom. The Balaban J connectivity index is 0.000000153. The van der Waals surface area contributed by atoms with E-state index >= 15 is 0 Å². The van der Waals surface area contributed by atoms with Gasteiger partial charge in [0.05, 0.1) is 21.8 Å². The Morgan fingerprint density at radius 3 is 0.946 bits per heavy atom. The van der Waals surface area contributed by atoms with E-state index in [-0.39, 0.29) is 29.7 Å². The highest BCUT2D eigenvalue weighted by Crippen LogP contribution is 2.51. The maximum Gasteiger partial charge on any atom is 0.252 e. The van der Waals surface area contributed by atoms with Gasteiger partial charge in [-0.2, -0.15) is 0 Å². The predicted molar refractivity (Wildman–Crippen MR) is 574 cm³/mol. The number of benzene rings is 17. The van der Waals surface area contributed by atoms with E-state index in [1.165, 1.54) is 203 Å². The molecule has 10 heteroatoms. The molecule has 0 spiro atoms. The van der Waals surface area contributed by atoms with Crippen molar-refractivity contribution in [2.24, 2.45) is 0 Å². The molecule has 0 fully saturated rings. The summed E-state index contributed by atoms with van der Waals surface area (Å²) in [6.07, 6.45) is 0. The van der Waals surface area contributed by atoms with Crippen molar-refractivity contribution in [3.63, 3.8) is 0 Å². The normalized spacial score (nSPS) is 14.5. The molecule has 6 aliphatic heterocycles. The van der Waals surface area contributed by atoms with E-state index in [9.17, 15) is 0 Å². The number of hydrogen-bond donors (Lipinski definition) is 0. The quantitative estimate of drug-likeness (QED) is 0.120. The molecule has 6 aliphatic rings. The van der Waals surface area contributed by atoms with Crippen LogP contribution in [0.2, 0.25) is 39.3 Å². The monoisotopic (exact) mass is 1740 g/mol. The highest BCUT2D eigenvalue weighted by Gasteiger charge is 2.55. The van der Waals surface area contributed by atoms with Crippen molar-refractivity contribution in [1.82, 2.24) is 0 Å². The molecule has 4 nitrogen and oxygen atoms in total. The summed E-state index contributed by atoms with van der Waals surface area (Å²) in [7, 11) is -9.37. The van der Waals surface area contributed by atoms with Crippen molar-refractivity contribution in [1.29, 1.82) is 0 Å². The number of nitrogens with zero attached hydrogens (tertiary/aromatic N) is 4. The fourth-order valence-electron chi connectivity index (χ4n) is 22.5. The maximum absolute atomic E-state index is 2.81. The fourth-order valence-corrected chi connectivity index (χ4v) is 35.2. The van der Waals surface area contributed by atoms with Gasteiger partial charge in [0.15, 0.2) is 16.1 Å². The minimum absolute atomic E-state index is 0.00491. The molecule has 0 N–H and O–H groups in total. The first-order valence-electron chi connectivity index (χ1n) is 46.7. The minimum atomic E-state index is -2.81. The van der Waals surface area contributed by atoms with Crippen molar-refractivity contribution in [3.8, 4) is 33.4 Å². The third-order valence-electron chi connectivity index (χ3n) is 29.0. The van der Waals surface area contributed by atoms with Crippen LogP contribution in [-0.4, -0.2) is 45.7 Å². The molecule has 632 valence electrons. The van der Waals surface area contributed by atoms with Gasteiger partial charge < -0.3 is 19.6 Å². The molecular weight excluding hydrogens is 1630 g/mol. The summed E-state index contributed by atoms with van der Waals surface area (Å²) in [6, 6.07) is 152. The van der Waals surface area contributed by atoms with E-state index in [0.29, 0.717) is 0 Å². The summed E-state index contributed by atoms with van der Waals surface area (Å²) < 4.78 is 0. The summed E-state index contributed by atoms with van der Waals surface area (Å²) in [5.74, 6) is 0. The van der Waals surface area contributed by atoms with E-state index in [0.717, 1.165) is 0 Å². The zero-order chi connectivity index (χ0) is 89.3. The highest BCUT2D eigenvalue weighted by atomic mass is 28.3. The molecule has 0 aromatic heterocycles. The Kier molecular flexibility index (Phi) is 19.6. The largest absolute Gasteiger partial charge is 0.311 e. The van der Waals surface area contributed by atoms with Gasteiger partial charge in [-0.05, 0) is 226 Å². The van der Waals surface area contributed by atoms with Gasteiger partial charge in [0, 0.05) is 68.1 Å². The van der Waals surface area contributed by atoms with E-state index in [4.69, 9.17) is 0 Å². The van der Waals surface area contributed by atoms with Crippen LogP contribution in [0.4, 0.5) is 68.2 Å². The number of rotatable bonds is 11. The Morgan fingerprint density at radius 1 is 0.215 bits per heavy atom. The Hall–Kier alpha value is -13.1. The van der Waals surface area contributed by atoms with E-state index in [2.05, 4.69) is 516 Å². The molecule has 0 unspecified atom stereocenters. The molecule has 0 aliphatic carbocycles. The molecule has 0 atom stereocenters. The van der Waals surface area contributed by atoms with Crippen LogP contribution in [0, 0.1) is 0 Å². The Labute approximate surface area is 774 Å². The molecular formula is C120H110B2N4Si4. The second kappa shape index (κ2) is 30.8. The third kappa shape index (κ3) is 13.1. The van der Waals surface area contributed by atoms with Gasteiger partial charge in [0.1, 0.15) is 0 Å². The van der Waals surface area contributed by atoms with Crippen LogP contribution in [0.3, 0.4) is 0 Å². The lowest BCUT2D eigenvalue weighted by molar-refractivity contribution is 0.590. The van der Waals surface area contributed by atoms with Crippen LogP contribution < -0.4 is 104 Å². The topological polar surface area (TPSA) is 13.0 Å². The zero-order valence-electron chi connectivity index (χ0n) is 77.5. The molecule has 0 saturated heterocycles. The van der Waals surface area contributed by atoms with E-state index in [1.807, 2.05) is 0 Å². The van der Waals surface area contributed by atoms with Gasteiger partial charge in [-0.1, -0.05) is 415 Å². The molecule has 0 amide bonds. The second-order valence-corrected chi connectivity index (χ2v) is 59.5. The third-order valence-corrected chi connectivity index (χ3v) is 42.8. The lowest BCUT2D eigenvalue weighted by Crippen LogP contribution is -2.73. The summed E-state index contributed by atoms with van der Waals surface area (Å²) in [5.41, 5.74) is 35.1. The second-order valence-electron chi connectivity index (χ2n) is 41.9. The van der Waals surface area contributed by atoms with Gasteiger partial charge in [0.25, 0.3) is 13.4 Å². The lowest BCUT2D eigenvalue weighted by atomic mass is 9.33. The van der Waals surface area contributed by atoms with Gasteiger partial charge in [-0.15, -0.1) is 0 Å². The maximum atomic E-state index is 2.71. The highest BCUT2D eigenvalue weighted by molar-refractivity contribution is 7.23. The van der Waals surface area contributed by atoms with Crippen molar-refractivity contribution < 1.29 is 0 Å².